The van der Waals surface area contributed by atoms with Gasteiger partial charge in [0.15, 0.2) is 6.17 Å². The zero-order valence-corrected chi connectivity index (χ0v) is 16.0. The van der Waals surface area contributed by atoms with Crippen molar-refractivity contribution in [1.82, 2.24) is 0 Å². The highest BCUT2D eigenvalue weighted by molar-refractivity contribution is 5.76. The molecule has 24 heteroatoms. The van der Waals surface area contributed by atoms with Gasteiger partial charge in [0.05, 0.1) is 6.42 Å². The summed E-state index contributed by atoms with van der Waals surface area (Å²) in [4.78, 5) is 9.93. The second-order valence-corrected chi connectivity index (χ2v) is 6.82. The highest BCUT2D eigenvalue weighted by Gasteiger charge is 2.95. The van der Waals surface area contributed by atoms with E-state index in [2.05, 4.69) is 0 Å². The topological polar surface area (TPSA) is 37.3 Å². The molecular weight excluding hydrogens is 606 g/mol. The van der Waals surface area contributed by atoms with Crippen molar-refractivity contribution in [2.24, 2.45) is 0 Å². The molecule has 0 radical (unpaired) electrons. The molecule has 0 saturated carbocycles. The Labute approximate surface area is 186 Å². The molecule has 0 aliphatic rings. The highest BCUT2D eigenvalue weighted by atomic mass is 19.4. The van der Waals surface area contributed by atoms with Gasteiger partial charge < -0.3 is 5.11 Å². The Morgan fingerprint density at radius 2 is 0.784 bits per heavy atom. The van der Waals surface area contributed by atoms with Gasteiger partial charge in [-0.15, -0.1) is 0 Å². The number of aliphatic carboxylic acids is 1. The van der Waals surface area contributed by atoms with Gasteiger partial charge >= 0.3 is 65.4 Å². The minimum absolute atomic E-state index is 4.08. The van der Waals surface area contributed by atoms with Gasteiger partial charge in [0.25, 0.3) is 0 Å². The third kappa shape index (κ3) is 4.58. The summed E-state index contributed by atoms with van der Waals surface area (Å²) in [5.41, 5.74) is 0. The summed E-state index contributed by atoms with van der Waals surface area (Å²) in [5.74, 6) is -78.8. The maximum absolute atomic E-state index is 13.4. The van der Waals surface area contributed by atoms with Crippen molar-refractivity contribution >= 4 is 5.97 Å². The lowest BCUT2D eigenvalue weighted by atomic mass is 9.87. The molecule has 0 aromatic heterocycles. The molecule has 1 N–H and O–H groups in total. The maximum Gasteiger partial charge on any atom is 0.460 e. The van der Waals surface area contributed by atoms with Crippen molar-refractivity contribution in [3.05, 3.63) is 0 Å². The van der Waals surface area contributed by atoms with E-state index >= 15 is 0 Å². The van der Waals surface area contributed by atoms with E-state index in [1.54, 1.807) is 0 Å². The Hall–Kier alpha value is -2.07. The van der Waals surface area contributed by atoms with Crippen LogP contribution in [0.15, 0.2) is 0 Å². The summed E-state index contributed by atoms with van der Waals surface area (Å²) in [6.45, 7) is 0. The lowest BCUT2D eigenvalue weighted by Gasteiger charge is -2.43. The molecule has 1 atom stereocenters. The lowest BCUT2D eigenvalue weighted by molar-refractivity contribution is -0.462. The minimum atomic E-state index is -9.09. The number of carbonyl (C=O) groups is 1. The largest absolute Gasteiger partial charge is 0.477 e. The Kier molecular flexibility index (Phi) is 8.24. The van der Waals surface area contributed by atoms with Crippen molar-refractivity contribution in [2.75, 3.05) is 0 Å². The van der Waals surface area contributed by atoms with E-state index in [0.717, 1.165) is 0 Å². The van der Waals surface area contributed by atoms with Crippen molar-refractivity contribution in [3.8, 4) is 0 Å². The first-order chi connectivity index (χ1) is 15.6. The number of hydrogen-bond acceptors (Lipinski definition) is 1. The highest BCUT2D eigenvalue weighted by Crippen LogP contribution is 2.64. The van der Waals surface area contributed by atoms with E-state index in [0.29, 0.717) is 0 Å². The number of hydrogen-bond donors (Lipinski definition) is 1. The predicted molar refractivity (Wildman–Crippen MR) is 67.7 cm³/mol. The van der Waals surface area contributed by atoms with Crippen molar-refractivity contribution < 1.29 is 106 Å². The molecule has 0 aromatic rings. The van der Waals surface area contributed by atoms with E-state index in [-0.39, 0.29) is 0 Å². The van der Waals surface area contributed by atoms with Gasteiger partial charge in [0, 0.05) is 0 Å². The van der Waals surface area contributed by atoms with Crippen LogP contribution in [0.5, 0.6) is 0 Å². The van der Waals surface area contributed by atoms with Gasteiger partial charge in [0.2, 0.25) is 0 Å². The zero-order valence-electron chi connectivity index (χ0n) is 16.0. The van der Waals surface area contributed by atoms with Crippen LogP contribution in [0.1, 0.15) is 6.42 Å². The number of carboxylic acids is 1. The van der Waals surface area contributed by atoms with E-state index in [1.165, 1.54) is 0 Å². The van der Waals surface area contributed by atoms with Crippen molar-refractivity contribution in [2.45, 2.75) is 72.1 Å². The average Bonchev–Trinajstić information content (AvgIpc) is 2.65. The Morgan fingerprint density at radius 1 is 0.514 bits per heavy atom. The van der Waals surface area contributed by atoms with Crippen LogP contribution in [0.25, 0.3) is 0 Å². The summed E-state index contributed by atoms with van der Waals surface area (Å²) in [5, 5.41) is 7.76. The SMILES string of the molecule is O=C(O)C(F)(F)C(F)(F)C(F)CC(F)(F)C(F)(F)C(F)(F)C(F)(F)C(F)(F)C(F)(F)C(F)(F)C(F)(F)F. The first kappa shape index (κ1) is 34.9. The monoisotopic (exact) mass is 610 g/mol. The summed E-state index contributed by atoms with van der Waals surface area (Å²) < 4.78 is 285. The fourth-order valence-electron chi connectivity index (χ4n) is 2.02. The molecule has 0 aromatic carbocycles. The molecule has 0 heterocycles. The molecule has 2 nitrogen and oxygen atoms in total. The van der Waals surface area contributed by atoms with Gasteiger partial charge in [-0.3, -0.25) is 0 Å². The summed E-state index contributed by atoms with van der Waals surface area (Å²) in [7, 11) is 0. The molecule has 37 heavy (non-hydrogen) atoms. The molecule has 222 valence electrons. The van der Waals surface area contributed by atoms with Crippen LogP contribution in [0.2, 0.25) is 0 Å². The van der Waals surface area contributed by atoms with E-state index < -0.39 is 78.0 Å². The predicted octanol–water partition coefficient (Wildman–Crippen LogP) is 7.08. The molecule has 0 spiro atoms. The van der Waals surface area contributed by atoms with Crippen LogP contribution in [0.3, 0.4) is 0 Å². The Bertz CT molecular complexity index is 853. The summed E-state index contributed by atoms with van der Waals surface area (Å²) >= 11 is 0. The van der Waals surface area contributed by atoms with Gasteiger partial charge in [0.1, 0.15) is 0 Å². The smallest absolute Gasteiger partial charge is 0.460 e. The van der Waals surface area contributed by atoms with E-state index in [1.807, 2.05) is 0 Å². The first-order valence-corrected chi connectivity index (χ1v) is 7.92. The standard InChI is InChI=1S/C13H4F22O2/c14-2(5(17,18)6(19,20)3(36)37)1-4(15,16)7(21,22)8(23,24)9(25,26)10(27,28)11(29,30)12(31,32)13(33,34)35/h2H,1H2,(H,36,37). The molecular formula is C13H4F22O2. The quantitative estimate of drug-likeness (QED) is 0.254. The molecule has 0 amide bonds. The van der Waals surface area contributed by atoms with Gasteiger partial charge in [-0.25, -0.2) is 9.18 Å². The molecule has 0 bridgehead atoms. The van der Waals surface area contributed by atoms with Crippen molar-refractivity contribution in [1.29, 1.82) is 0 Å². The Balaban J connectivity index is 6.75. The van der Waals surface area contributed by atoms with E-state index in [9.17, 15) is 101 Å². The summed E-state index contributed by atoms with van der Waals surface area (Å²) in [6, 6.07) is 0. The van der Waals surface area contributed by atoms with Crippen molar-refractivity contribution in [3.63, 3.8) is 0 Å². The van der Waals surface area contributed by atoms with Crippen LogP contribution in [-0.2, 0) is 4.79 Å². The van der Waals surface area contributed by atoms with Gasteiger partial charge in [-0.1, -0.05) is 0 Å². The first-order valence-electron chi connectivity index (χ1n) is 7.92. The van der Waals surface area contributed by atoms with Crippen LogP contribution in [0.4, 0.5) is 96.6 Å². The minimum Gasteiger partial charge on any atom is -0.477 e. The van der Waals surface area contributed by atoms with Gasteiger partial charge in [-0.05, 0) is 0 Å². The normalized spacial score (nSPS) is 17.1. The lowest BCUT2D eigenvalue weighted by Crippen LogP contribution is -2.74. The third-order valence-corrected chi connectivity index (χ3v) is 4.30. The average molecular weight is 610 g/mol. The second-order valence-electron chi connectivity index (χ2n) is 6.82. The van der Waals surface area contributed by atoms with Crippen LogP contribution in [0, 0.1) is 0 Å². The number of halogens is 22. The third-order valence-electron chi connectivity index (χ3n) is 4.30. The number of rotatable bonds is 11. The van der Waals surface area contributed by atoms with Crippen LogP contribution in [-0.4, -0.2) is 76.7 Å². The summed E-state index contributed by atoms with van der Waals surface area (Å²) in [6.07, 6.45) is -18.3. The molecule has 0 fully saturated rings. The fraction of sp³-hybridized carbons (Fsp3) is 0.923. The molecule has 1 unspecified atom stereocenters. The molecule has 0 aliphatic heterocycles. The number of carboxylic acid groups (broad SMARTS) is 1. The van der Waals surface area contributed by atoms with Gasteiger partial charge in [-0.2, -0.15) is 92.2 Å². The van der Waals surface area contributed by atoms with Crippen LogP contribution >= 0.6 is 0 Å². The Morgan fingerprint density at radius 3 is 1.05 bits per heavy atom. The molecule has 0 aliphatic carbocycles. The number of alkyl halides is 22. The van der Waals surface area contributed by atoms with Crippen LogP contribution < -0.4 is 0 Å². The molecule has 0 saturated heterocycles. The molecule has 0 rings (SSSR count). The van der Waals surface area contributed by atoms with E-state index in [4.69, 9.17) is 5.11 Å². The second kappa shape index (κ2) is 8.73. The maximum atomic E-state index is 13.4. The zero-order chi connectivity index (χ0) is 30.9. The fourth-order valence-corrected chi connectivity index (χ4v) is 2.02.